The van der Waals surface area contributed by atoms with Crippen molar-refractivity contribution in [3.8, 4) is 5.75 Å². The average molecular weight is 431 g/mol. The second-order valence-corrected chi connectivity index (χ2v) is 7.92. The van der Waals surface area contributed by atoms with Gasteiger partial charge in [0.2, 0.25) is 5.91 Å². The summed E-state index contributed by atoms with van der Waals surface area (Å²) in [6.45, 7) is 7.01. The van der Waals surface area contributed by atoms with E-state index in [1.807, 2.05) is 13.8 Å². The van der Waals surface area contributed by atoms with Gasteiger partial charge in [0.1, 0.15) is 12.3 Å². The minimum atomic E-state index is -0.558. The summed E-state index contributed by atoms with van der Waals surface area (Å²) in [7, 11) is 0. The van der Waals surface area contributed by atoms with Crippen LogP contribution in [0.25, 0.3) is 0 Å². The van der Waals surface area contributed by atoms with Crippen LogP contribution >= 0.6 is 0 Å². The third-order valence-corrected chi connectivity index (χ3v) is 6.18. The molecule has 31 heavy (non-hydrogen) atoms. The first-order valence-corrected chi connectivity index (χ1v) is 10.9. The normalized spacial score (nSPS) is 19.9. The number of hydrogen-bond donors (Lipinski definition) is 0. The second-order valence-electron chi connectivity index (χ2n) is 7.92. The Kier molecular flexibility index (Phi) is 6.15. The highest BCUT2D eigenvalue weighted by atomic mass is 16.7. The molecule has 3 heterocycles. The molecule has 0 radical (unpaired) electrons. The number of amides is 3. The summed E-state index contributed by atoms with van der Waals surface area (Å²) in [5.41, 5.74) is 0.923. The summed E-state index contributed by atoms with van der Waals surface area (Å²) >= 11 is 0. The number of benzene rings is 1. The van der Waals surface area contributed by atoms with Gasteiger partial charge in [-0.2, -0.15) is 0 Å². The molecule has 0 saturated carbocycles. The Hall–Kier alpha value is -2.65. The minimum Gasteiger partial charge on any atom is -0.482 e. The molecule has 0 aromatic heterocycles. The number of nitrogens with zero attached hydrogens (tertiary/aromatic N) is 3. The summed E-state index contributed by atoms with van der Waals surface area (Å²) in [4.78, 5) is 43.2. The SMILES string of the molecule is CCN(CC)C(=O)c1ccc2c(c1)N(CC(=O)N1CCC3(CC1)OCCO3)C(=O)CO2. The molecule has 168 valence electrons. The van der Waals surface area contributed by atoms with Crippen molar-refractivity contribution in [1.82, 2.24) is 9.80 Å². The van der Waals surface area contributed by atoms with Crippen LogP contribution in [-0.4, -0.2) is 85.9 Å². The molecule has 1 aromatic rings. The van der Waals surface area contributed by atoms with E-state index in [2.05, 4.69) is 0 Å². The number of likely N-dealkylation sites (tertiary alicyclic amines) is 1. The molecule has 0 bridgehead atoms. The third-order valence-electron chi connectivity index (χ3n) is 6.18. The first-order chi connectivity index (χ1) is 15.0. The number of carbonyl (C=O) groups excluding carboxylic acids is 3. The lowest BCUT2D eigenvalue weighted by molar-refractivity contribution is -0.187. The largest absolute Gasteiger partial charge is 0.482 e. The molecule has 0 atom stereocenters. The van der Waals surface area contributed by atoms with Crippen LogP contribution in [0.1, 0.15) is 37.0 Å². The molecular formula is C22H29N3O6. The van der Waals surface area contributed by atoms with Gasteiger partial charge in [-0.25, -0.2) is 0 Å². The van der Waals surface area contributed by atoms with E-state index in [0.29, 0.717) is 69.2 Å². The zero-order valence-electron chi connectivity index (χ0n) is 18.1. The van der Waals surface area contributed by atoms with E-state index in [4.69, 9.17) is 14.2 Å². The van der Waals surface area contributed by atoms with Gasteiger partial charge >= 0.3 is 0 Å². The monoisotopic (exact) mass is 431 g/mol. The Morgan fingerprint density at radius 3 is 2.42 bits per heavy atom. The predicted octanol–water partition coefficient (Wildman–Crippen LogP) is 1.26. The van der Waals surface area contributed by atoms with Crippen molar-refractivity contribution in [3.05, 3.63) is 23.8 Å². The van der Waals surface area contributed by atoms with Crippen LogP contribution in [0, 0.1) is 0 Å². The lowest BCUT2D eigenvalue weighted by atomic mass is 10.0. The molecule has 0 N–H and O–H groups in total. The third kappa shape index (κ3) is 4.24. The summed E-state index contributed by atoms with van der Waals surface area (Å²) in [6.07, 6.45) is 1.24. The van der Waals surface area contributed by atoms with E-state index in [1.165, 1.54) is 4.90 Å². The Bertz CT molecular complexity index is 853. The highest BCUT2D eigenvalue weighted by Crippen LogP contribution is 2.34. The van der Waals surface area contributed by atoms with Crippen LogP contribution in [0.2, 0.25) is 0 Å². The second kappa shape index (κ2) is 8.84. The lowest BCUT2D eigenvalue weighted by Gasteiger charge is -2.38. The molecule has 3 aliphatic heterocycles. The maximum Gasteiger partial charge on any atom is 0.265 e. The van der Waals surface area contributed by atoms with Gasteiger partial charge in [0.05, 0.1) is 18.9 Å². The molecular weight excluding hydrogens is 402 g/mol. The van der Waals surface area contributed by atoms with Crippen molar-refractivity contribution < 1.29 is 28.6 Å². The first-order valence-electron chi connectivity index (χ1n) is 10.9. The van der Waals surface area contributed by atoms with E-state index in [0.717, 1.165) is 0 Å². The summed E-state index contributed by atoms with van der Waals surface area (Å²) in [5.74, 6) is -0.625. The minimum absolute atomic E-state index is 0.0905. The lowest BCUT2D eigenvalue weighted by Crippen LogP contribution is -2.51. The van der Waals surface area contributed by atoms with Crippen molar-refractivity contribution in [2.45, 2.75) is 32.5 Å². The van der Waals surface area contributed by atoms with Crippen molar-refractivity contribution in [2.75, 3.05) is 57.4 Å². The van der Waals surface area contributed by atoms with Gasteiger partial charge in [-0.15, -0.1) is 0 Å². The Morgan fingerprint density at radius 2 is 1.77 bits per heavy atom. The van der Waals surface area contributed by atoms with E-state index in [1.54, 1.807) is 28.0 Å². The maximum absolute atomic E-state index is 13.0. The zero-order chi connectivity index (χ0) is 22.0. The Morgan fingerprint density at radius 1 is 1.10 bits per heavy atom. The van der Waals surface area contributed by atoms with E-state index in [-0.39, 0.29) is 30.9 Å². The highest BCUT2D eigenvalue weighted by Gasteiger charge is 2.41. The van der Waals surface area contributed by atoms with Crippen molar-refractivity contribution >= 4 is 23.4 Å². The van der Waals surface area contributed by atoms with Crippen molar-refractivity contribution in [1.29, 1.82) is 0 Å². The van der Waals surface area contributed by atoms with Gasteiger partial charge in [0.25, 0.3) is 11.8 Å². The molecule has 1 spiro atoms. The van der Waals surface area contributed by atoms with Crippen molar-refractivity contribution in [3.63, 3.8) is 0 Å². The fraction of sp³-hybridized carbons (Fsp3) is 0.591. The number of piperidine rings is 1. The quantitative estimate of drug-likeness (QED) is 0.698. The van der Waals surface area contributed by atoms with Crippen LogP contribution in [-0.2, 0) is 19.1 Å². The molecule has 3 aliphatic rings. The van der Waals surface area contributed by atoms with Gasteiger partial charge in [-0.1, -0.05) is 0 Å². The molecule has 4 rings (SSSR count). The topological polar surface area (TPSA) is 88.6 Å². The summed E-state index contributed by atoms with van der Waals surface area (Å²) in [5, 5.41) is 0. The van der Waals surface area contributed by atoms with Gasteiger partial charge in [0, 0.05) is 44.6 Å². The van der Waals surface area contributed by atoms with Gasteiger partial charge in [-0.3, -0.25) is 19.3 Å². The molecule has 2 saturated heterocycles. The number of fused-ring (bicyclic) bond motifs is 1. The molecule has 0 aliphatic carbocycles. The van der Waals surface area contributed by atoms with Crippen LogP contribution in [0.5, 0.6) is 5.75 Å². The van der Waals surface area contributed by atoms with Crippen molar-refractivity contribution in [2.24, 2.45) is 0 Å². The molecule has 9 nitrogen and oxygen atoms in total. The fourth-order valence-corrected chi connectivity index (χ4v) is 4.32. The number of ether oxygens (including phenoxy) is 3. The molecule has 9 heteroatoms. The number of hydrogen-bond acceptors (Lipinski definition) is 6. The summed E-state index contributed by atoms with van der Waals surface area (Å²) < 4.78 is 17.0. The molecule has 0 unspecified atom stereocenters. The van der Waals surface area contributed by atoms with Gasteiger partial charge in [-0.05, 0) is 32.0 Å². The van der Waals surface area contributed by atoms with Crippen LogP contribution in [0.15, 0.2) is 18.2 Å². The fourth-order valence-electron chi connectivity index (χ4n) is 4.32. The van der Waals surface area contributed by atoms with Crippen LogP contribution in [0.3, 0.4) is 0 Å². The van der Waals surface area contributed by atoms with E-state index < -0.39 is 5.79 Å². The van der Waals surface area contributed by atoms with Gasteiger partial charge in [0.15, 0.2) is 12.4 Å². The molecule has 2 fully saturated rings. The predicted molar refractivity (Wildman–Crippen MR) is 112 cm³/mol. The summed E-state index contributed by atoms with van der Waals surface area (Å²) in [6, 6.07) is 5.03. The molecule has 1 aromatic carbocycles. The smallest absolute Gasteiger partial charge is 0.265 e. The molecule has 3 amide bonds. The highest BCUT2D eigenvalue weighted by molar-refractivity contribution is 6.04. The van der Waals surface area contributed by atoms with Gasteiger partial charge < -0.3 is 24.0 Å². The number of anilines is 1. The van der Waals surface area contributed by atoms with Crippen LogP contribution < -0.4 is 9.64 Å². The number of rotatable bonds is 5. The standard InChI is InChI=1S/C22H29N3O6/c1-3-23(4-2)21(28)16-5-6-18-17(13-16)25(20(27)15-29-18)14-19(26)24-9-7-22(8-10-24)30-11-12-31-22/h5-6,13H,3-4,7-12,14-15H2,1-2H3. The van der Waals surface area contributed by atoms with Crippen LogP contribution in [0.4, 0.5) is 5.69 Å². The number of carbonyl (C=O) groups is 3. The average Bonchev–Trinajstić information content (AvgIpc) is 3.24. The van der Waals surface area contributed by atoms with E-state index in [9.17, 15) is 14.4 Å². The van der Waals surface area contributed by atoms with E-state index >= 15 is 0 Å². The Labute approximate surface area is 181 Å². The zero-order valence-corrected chi connectivity index (χ0v) is 18.1. The first kappa shape index (κ1) is 21.6. The maximum atomic E-state index is 13.0. The Balaban J connectivity index is 1.49.